The van der Waals surface area contributed by atoms with E-state index in [4.69, 9.17) is 23.7 Å². The number of carbonyl (C=O) groups is 1. The molecule has 0 bridgehead atoms. The highest BCUT2D eigenvalue weighted by Crippen LogP contribution is 2.76. The van der Waals surface area contributed by atoms with Gasteiger partial charge in [-0.3, -0.25) is 4.79 Å². The standard InChI is InChI=1S/C43H72O15/c1-22(18-44)9-8-14-42(7,53)25-12-16-41(6)24(25)10-11-28-40(5)15-13-31(39(3,4)29(40)17-30(48)43(28,41)21-45)57-38-36(58-37-35(52)32(49)26(47)19-55-37)34(51)33(50)27(56-38)20-54-23(2)46/h9,24-38,44-45,47-53H,8,10-21H2,1-7H3. The van der Waals surface area contributed by atoms with Crippen molar-refractivity contribution in [3.63, 3.8) is 0 Å². The lowest BCUT2D eigenvalue weighted by Gasteiger charge is -2.71. The number of allylic oxidation sites excluding steroid dienone is 1. The summed E-state index contributed by atoms with van der Waals surface area (Å²) in [5.74, 6) is -0.623. The highest BCUT2D eigenvalue weighted by Gasteiger charge is 2.74. The molecular weight excluding hydrogens is 756 g/mol. The van der Waals surface area contributed by atoms with Crippen molar-refractivity contribution >= 4 is 5.97 Å². The smallest absolute Gasteiger partial charge is 0.302 e. The summed E-state index contributed by atoms with van der Waals surface area (Å²) in [5, 5.41) is 99.1. The van der Waals surface area contributed by atoms with Gasteiger partial charge in [0.1, 0.15) is 49.3 Å². The summed E-state index contributed by atoms with van der Waals surface area (Å²) in [6, 6.07) is 0. The van der Waals surface area contributed by atoms with Gasteiger partial charge in [0, 0.05) is 12.3 Å². The average Bonchev–Trinajstić information content (AvgIpc) is 3.54. The van der Waals surface area contributed by atoms with Crippen LogP contribution >= 0.6 is 0 Å². The normalized spacial score (nSPS) is 49.0. The molecule has 9 N–H and O–H groups in total. The Hall–Kier alpha value is -1.31. The predicted octanol–water partition coefficient (Wildman–Crippen LogP) is 1.30. The van der Waals surface area contributed by atoms with E-state index in [0.29, 0.717) is 32.1 Å². The van der Waals surface area contributed by atoms with Crippen molar-refractivity contribution in [3.05, 3.63) is 11.6 Å². The zero-order chi connectivity index (χ0) is 42.7. The maximum absolute atomic E-state index is 12.6. The van der Waals surface area contributed by atoms with Crippen LogP contribution in [0.25, 0.3) is 0 Å². The summed E-state index contributed by atoms with van der Waals surface area (Å²) >= 11 is 0. The van der Waals surface area contributed by atoms with Crippen molar-refractivity contribution in [2.45, 2.75) is 179 Å². The topological polar surface area (TPSA) is 245 Å². The molecule has 2 heterocycles. The molecular formula is C43H72O15. The fraction of sp³-hybridized carbons (Fsp3) is 0.930. The van der Waals surface area contributed by atoms with Gasteiger partial charge in [0.15, 0.2) is 12.6 Å². The largest absolute Gasteiger partial charge is 0.463 e. The van der Waals surface area contributed by atoms with Crippen molar-refractivity contribution in [2.24, 2.45) is 45.3 Å². The molecule has 2 saturated heterocycles. The zero-order valence-electron chi connectivity index (χ0n) is 35.4. The Morgan fingerprint density at radius 2 is 1.57 bits per heavy atom. The molecule has 0 aromatic heterocycles. The zero-order valence-corrected chi connectivity index (χ0v) is 35.4. The fourth-order valence-corrected chi connectivity index (χ4v) is 13.4. The number of aliphatic hydroxyl groups excluding tert-OH is 8. The molecule has 4 saturated carbocycles. The number of aliphatic hydroxyl groups is 9. The van der Waals surface area contributed by atoms with E-state index in [1.807, 2.05) is 19.9 Å². The van der Waals surface area contributed by atoms with Gasteiger partial charge in [-0.15, -0.1) is 0 Å². The first kappa shape index (κ1) is 46.2. The first-order valence-electron chi connectivity index (χ1n) is 21.5. The maximum Gasteiger partial charge on any atom is 0.302 e. The number of rotatable bonds is 12. The highest BCUT2D eigenvalue weighted by molar-refractivity contribution is 5.65. The van der Waals surface area contributed by atoms with Gasteiger partial charge in [0.05, 0.1) is 37.6 Å². The summed E-state index contributed by atoms with van der Waals surface area (Å²) in [7, 11) is 0. The van der Waals surface area contributed by atoms with Crippen LogP contribution in [0.15, 0.2) is 11.6 Å². The number of hydrogen-bond donors (Lipinski definition) is 9. The maximum atomic E-state index is 12.6. The van der Waals surface area contributed by atoms with Crippen LogP contribution in [0.1, 0.15) is 106 Å². The summed E-state index contributed by atoms with van der Waals surface area (Å²) in [5.41, 5.74) is -2.23. The van der Waals surface area contributed by atoms with Crippen LogP contribution in [-0.4, -0.2) is 151 Å². The Bertz CT molecular complexity index is 1470. The number of hydrogen-bond acceptors (Lipinski definition) is 15. The van der Waals surface area contributed by atoms with E-state index in [-0.39, 0.29) is 55.5 Å². The third kappa shape index (κ3) is 7.74. The third-order valence-corrected chi connectivity index (χ3v) is 16.6. The molecule has 6 fully saturated rings. The second-order valence-corrected chi connectivity index (χ2v) is 20.1. The van der Waals surface area contributed by atoms with Gasteiger partial charge in [-0.1, -0.05) is 39.3 Å². The molecule has 19 unspecified atom stereocenters. The molecule has 4 aliphatic carbocycles. The van der Waals surface area contributed by atoms with Gasteiger partial charge < -0.3 is 69.6 Å². The number of ether oxygens (including phenoxy) is 5. The second kappa shape index (κ2) is 17.1. The van der Waals surface area contributed by atoms with Crippen LogP contribution in [0.3, 0.4) is 0 Å². The minimum absolute atomic E-state index is 0.000618. The Kier molecular flexibility index (Phi) is 13.6. The molecule has 0 radical (unpaired) electrons. The fourth-order valence-electron chi connectivity index (χ4n) is 13.4. The molecule has 0 spiro atoms. The Morgan fingerprint density at radius 3 is 2.22 bits per heavy atom. The lowest BCUT2D eigenvalue weighted by Crippen LogP contribution is -2.71. The molecule has 58 heavy (non-hydrogen) atoms. The Balaban J connectivity index is 1.25. The van der Waals surface area contributed by atoms with E-state index >= 15 is 0 Å². The van der Waals surface area contributed by atoms with E-state index < -0.39 is 95.3 Å². The molecule has 6 rings (SSSR count). The van der Waals surface area contributed by atoms with Crippen molar-refractivity contribution < 1.29 is 74.4 Å². The lowest BCUT2D eigenvalue weighted by atomic mass is 9.34. The lowest BCUT2D eigenvalue weighted by molar-refractivity contribution is -0.372. The SMILES string of the molecule is CC(=O)OCC1OC(OC2CCC3(C)C(CC(O)C4(CO)C3CCC3C(C(C)(O)CCC=C(C)CO)CCC34C)C2(C)C)C(OC2OCC(O)C(O)C2O)C(O)C1O. The van der Waals surface area contributed by atoms with Crippen LogP contribution in [0.4, 0.5) is 0 Å². The van der Waals surface area contributed by atoms with E-state index in [1.54, 1.807) is 0 Å². The summed E-state index contributed by atoms with van der Waals surface area (Å²) in [6.45, 7) is 12.8. The van der Waals surface area contributed by atoms with Crippen molar-refractivity contribution in [1.29, 1.82) is 0 Å². The third-order valence-electron chi connectivity index (χ3n) is 16.6. The minimum atomic E-state index is -1.69. The van der Waals surface area contributed by atoms with E-state index in [2.05, 4.69) is 27.7 Å². The Morgan fingerprint density at radius 1 is 0.862 bits per heavy atom. The molecule has 6 aliphatic rings. The van der Waals surface area contributed by atoms with Gasteiger partial charge in [-0.05, 0) is 112 Å². The molecule has 2 aliphatic heterocycles. The van der Waals surface area contributed by atoms with Crippen LogP contribution < -0.4 is 0 Å². The molecule has 15 nitrogen and oxygen atoms in total. The Labute approximate surface area is 342 Å². The molecule has 19 atom stereocenters. The summed E-state index contributed by atoms with van der Waals surface area (Å²) in [6.07, 6.45) is -6.70. The van der Waals surface area contributed by atoms with Crippen molar-refractivity contribution in [1.82, 2.24) is 0 Å². The predicted molar refractivity (Wildman–Crippen MR) is 207 cm³/mol. The quantitative estimate of drug-likeness (QED) is 0.0765. The van der Waals surface area contributed by atoms with Crippen LogP contribution in [0.5, 0.6) is 0 Å². The molecule has 0 aromatic rings. The van der Waals surface area contributed by atoms with Gasteiger partial charge in [0.25, 0.3) is 0 Å². The van der Waals surface area contributed by atoms with Crippen LogP contribution in [-0.2, 0) is 28.5 Å². The van der Waals surface area contributed by atoms with Gasteiger partial charge in [-0.25, -0.2) is 0 Å². The second-order valence-electron chi connectivity index (χ2n) is 20.1. The minimum Gasteiger partial charge on any atom is -0.463 e. The van der Waals surface area contributed by atoms with E-state index in [1.165, 1.54) is 6.92 Å². The number of fused-ring (bicyclic) bond motifs is 5. The first-order chi connectivity index (χ1) is 27.1. The van der Waals surface area contributed by atoms with E-state index in [9.17, 15) is 50.8 Å². The summed E-state index contributed by atoms with van der Waals surface area (Å²) in [4.78, 5) is 11.7. The monoisotopic (exact) mass is 828 g/mol. The van der Waals surface area contributed by atoms with Gasteiger partial charge in [0.2, 0.25) is 0 Å². The number of esters is 1. The van der Waals surface area contributed by atoms with Crippen molar-refractivity contribution in [3.8, 4) is 0 Å². The van der Waals surface area contributed by atoms with Gasteiger partial charge >= 0.3 is 5.97 Å². The average molecular weight is 829 g/mol. The van der Waals surface area contributed by atoms with Gasteiger partial charge in [-0.2, -0.15) is 0 Å². The molecule has 334 valence electrons. The highest BCUT2D eigenvalue weighted by atomic mass is 16.8. The van der Waals surface area contributed by atoms with E-state index in [0.717, 1.165) is 31.3 Å². The van der Waals surface area contributed by atoms with Crippen molar-refractivity contribution in [2.75, 3.05) is 26.4 Å². The molecule has 0 aromatic carbocycles. The summed E-state index contributed by atoms with van der Waals surface area (Å²) < 4.78 is 29.6. The van der Waals surface area contributed by atoms with Crippen LogP contribution in [0, 0.1) is 45.3 Å². The first-order valence-corrected chi connectivity index (χ1v) is 21.5. The van der Waals surface area contributed by atoms with Crippen LogP contribution in [0.2, 0.25) is 0 Å². The molecule has 0 amide bonds. The number of carbonyl (C=O) groups excluding carboxylic acids is 1. The molecule has 15 heteroatoms.